The SMILES string of the molecule is CCc1ccc(-c2c(F)cc(Cl)cc2Cl)cc1C1=C(O)[C@H]2C3CCC(CC3)[C@H]2C1=O. The van der Waals surface area contributed by atoms with Gasteiger partial charge in [-0.2, -0.15) is 0 Å². The van der Waals surface area contributed by atoms with Crippen LogP contribution in [0.5, 0.6) is 0 Å². The van der Waals surface area contributed by atoms with Crippen molar-refractivity contribution in [1.29, 1.82) is 0 Å². The average molecular weight is 445 g/mol. The van der Waals surface area contributed by atoms with Gasteiger partial charge < -0.3 is 5.11 Å². The summed E-state index contributed by atoms with van der Waals surface area (Å²) >= 11 is 12.2. The number of hydrogen-bond acceptors (Lipinski definition) is 2. The number of Topliss-reactive ketones (excluding diaryl/α,β-unsaturated/α-hetero) is 1. The molecule has 3 saturated carbocycles. The van der Waals surface area contributed by atoms with Crippen LogP contribution in [0.2, 0.25) is 10.0 Å². The first-order chi connectivity index (χ1) is 14.4. The summed E-state index contributed by atoms with van der Waals surface area (Å²) in [5.74, 6) is 0.392. The first kappa shape index (κ1) is 20.1. The second kappa shape index (κ2) is 7.39. The number of carbonyl (C=O) groups is 1. The van der Waals surface area contributed by atoms with Gasteiger partial charge in [0.1, 0.15) is 11.6 Å². The smallest absolute Gasteiger partial charge is 0.170 e. The monoisotopic (exact) mass is 444 g/mol. The first-order valence-electron chi connectivity index (χ1n) is 10.7. The quantitative estimate of drug-likeness (QED) is 0.540. The van der Waals surface area contributed by atoms with Crippen LogP contribution in [0.3, 0.4) is 0 Å². The zero-order chi connectivity index (χ0) is 21.2. The van der Waals surface area contributed by atoms with E-state index >= 15 is 0 Å². The molecule has 2 aromatic rings. The Morgan fingerprint density at radius 3 is 2.30 bits per heavy atom. The Morgan fingerprint density at radius 2 is 1.70 bits per heavy atom. The summed E-state index contributed by atoms with van der Waals surface area (Å²) in [6, 6.07) is 8.27. The van der Waals surface area contributed by atoms with Crippen LogP contribution in [-0.2, 0) is 11.2 Å². The Morgan fingerprint density at radius 1 is 1.03 bits per heavy atom. The number of fused-ring (bicyclic) bond motifs is 2. The largest absolute Gasteiger partial charge is 0.511 e. The minimum Gasteiger partial charge on any atom is -0.511 e. The van der Waals surface area contributed by atoms with Crippen LogP contribution in [0, 0.1) is 29.5 Å². The molecule has 0 unspecified atom stereocenters. The maximum absolute atomic E-state index is 14.7. The minimum atomic E-state index is -0.509. The van der Waals surface area contributed by atoms with Gasteiger partial charge in [0.2, 0.25) is 0 Å². The van der Waals surface area contributed by atoms with Crippen LogP contribution >= 0.6 is 23.2 Å². The van der Waals surface area contributed by atoms with Gasteiger partial charge >= 0.3 is 0 Å². The van der Waals surface area contributed by atoms with Gasteiger partial charge in [-0.3, -0.25) is 4.79 Å². The number of carbonyl (C=O) groups excluding carboxylic acids is 1. The van der Waals surface area contributed by atoms with Gasteiger partial charge in [0, 0.05) is 22.4 Å². The summed E-state index contributed by atoms with van der Waals surface area (Å²) in [6.07, 6.45) is 5.03. The minimum absolute atomic E-state index is 0.0516. The van der Waals surface area contributed by atoms with Crippen molar-refractivity contribution in [3.63, 3.8) is 0 Å². The van der Waals surface area contributed by atoms with Gasteiger partial charge in [-0.1, -0.05) is 42.3 Å². The molecule has 2 aromatic carbocycles. The Hall–Kier alpha value is -1.84. The first-order valence-corrected chi connectivity index (χ1v) is 11.4. The summed E-state index contributed by atoms with van der Waals surface area (Å²) in [5.41, 5.74) is 2.94. The third-order valence-corrected chi connectivity index (χ3v) is 7.91. The molecule has 2 bridgehead atoms. The molecule has 4 aliphatic rings. The fraction of sp³-hybridized carbons (Fsp3) is 0.400. The topological polar surface area (TPSA) is 37.3 Å². The summed E-state index contributed by atoms with van der Waals surface area (Å²) in [7, 11) is 0. The highest BCUT2D eigenvalue weighted by Gasteiger charge is 2.54. The molecular formula is C25H23Cl2FO2. The van der Waals surface area contributed by atoms with Gasteiger partial charge in [0.25, 0.3) is 0 Å². The van der Waals surface area contributed by atoms with Crippen LogP contribution in [0.1, 0.15) is 43.7 Å². The predicted molar refractivity (Wildman–Crippen MR) is 118 cm³/mol. The van der Waals surface area contributed by atoms with Crippen molar-refractivity contribution in [2.45, 2.75) is 39.0 Å². The van der Waals surface area contributed by atoms with E-state index in [1.165, 1.54) is 12.1 Å². The molecule has 0 spiro atoms. The molecule has 0 saturated heterocycles. The molecular weight excluding hydrogens is 422 g/mol. The van der Waals surface area contributed by atoms with E-state index in [9.17, 15) is 14.3 Å². The Kier molecular flexibility index (Phi) is 4.95. The van der Waals surface area contributed by atoms with Crippen molar-refractivity contribution in [2.24, 2.45) is 23.7 Å². The lowest BCUT2D eigenvalue weighted by Gasteiger charge is -2.44. The zero-order valence-corrected chi connectivity index (χ0v) is 18.2. The summed E-state index contributed by atoms with van der Waals surface area (Å²) < 4.78 is 14.7. The van der Waals surface area contributed by atoms with E-state index in [4.69, 9.17) is 23.2 Å². The third-order valence-electron chi connectivity index (χ3n) is 7.40. The molecule has 0 amide bonds. The number of benzene rings is 2. The van der Waals surface area contributed by atoms with E-state index in [-0.39, 0.29) is 39.0 Å². The van der Waals surface area contributed by atoms with Crippen molar-refractivity contribution in [3.05, 3.63) is 63.1 Å². The number of allylic oxidation sites excluding steroid dienone is 2. The highest BCUT2D eigenvalue weighted by molar-refractivity contribution is 6.36. The Balaban J connectivity index is 1.66. The number of hydrogen-bond donors (Lipinski definition) is 1. The number of rotatable bonds is 3. The molecule has 5 heteroatoms. The van der Waals surface area contributed by atoms with Gasteiger partial charge in [-0.25, -0.2) is 4.39 Å². The number of ketones is 1. The highest BCUT2D eigenvalue weighted by atomic mass is 35.5. The molecule has 2 nitrogen and oxygen atoms in total. The molecule has 30 heavy (non-hydrogen) atoms. The predicted octanol–water partition coefficient (Wildman–Crippen LogP) is 7.27. The number of aliphatic hydroxyl groups is 1. The van der Waals surface area contributed by atoms with E-state index in [2.05, 4.69) is 0 Å². The van der Waals surface area contributed by atoms with Gasteiger partial charge in [0.05, 0.1) is 10.6 Å². The zero-order valence-electron chi connectivity index (χ0n) is 16.7. The fourth-order valence-corrected chi connectivity index (χ4v) is 6.62. The van der Waals surface area contributed by atoms with Crippen molar-refractivity contribution >= 4 is 34.6 Å². The van der Waals surface area contributed by atoms with E-state index in [0.717, 1.165) is 31.2 Å². The van der Waals surface area contributed by atoms with Gasteiger partial charge in [0.15, 0.2) is 5.78 Å². The van der Waals surface area contributed by atoms with E-state index in [1.807, 2.05) is 19.1 Å². The molecule has 1 N–H and O–H groups in total. The fourth-order valence-electron chi connectivity index (χ4n) is 6.04. The average Bonchev–Trinajstić information content (AvgIpc) is 3.00. The van der Waals surface area contributed by atoms with Crippen molar-refractivity contribution in [1.82, 2.24) is 0 Å². The maximum atomic E-state index is 14.7. The molecule has 6 rings (SSSR count). The van der Waals surface area contributed by atoms with Gasteiger partial charge in [-0.15, -0.1) is 0 Å². The molecule has 0 radical (unpaired) electrons. The van der Waals surface area contributed by atoms with Gasteiger partial charge in [-0.05, 0) is 78.8 Å². The van der Waals surface area contributed by atoms with Crippen LogP contribution in [0.25, 0.3) is 16.7 Å². The maximum Gasteiger partial charge on any atom is 0.170 e. The summed E-state index contributed by atoms with van der Waals surface area (Å²) in [6.45, 7) is 2.02. The number of aliphatic hydroxyl groups excluding tert-OH is 1. The molecule has 2 atom stereocenters. The molecule has 3 fully saturated rings. The van der Waals surface area contributed by atoms with Crippen molar-refractivity contribution in [2.75, 3.05) is 0 Å². The van der Waals surface area contributed by atoms with Crippen LogP contribution in [0.4, 0.5) is 4.39 Å². The Bertz CT molecular complexity index is 1060. The van der Waals surface area contributed by atoms with Crippen LogP contribution in [-0.4, -0.2) is 10.9 Å². The normalized spacial score (nSPS) is 27.7. The second-order valence-electron chi connectivity index (χ2n) is 8.82. The third kappa shape index (κ3) is 2.93. The molecule has 156 valence electrons. The van der Waals surface area contributed by atoms with Crippen LogP contribution < -0.4 is 0 Å². The lowest BCUT2D eigenvalue weighted by Crippen LogP contribution is -2.41. The van der Waals surface area contributed by atoms with Crippen LogP contribution in [0.15, 0.2) is 36.1 Å². The number of halogens is 3. The van der Waals surface area contributed by atoms with E-state index in [0.29, 0.717) is 35.0 Å². The summed E-state index contributed by atoms with van der Waals surface area (Å²) in [5, 5.41) is 11.7. The molecule has 0 heterocycles. The van der Waals surface area contributed by atoms with Crippen molar-refractivity contribution < 1.29 is 14.3 Å². The molecule has 4 aliphatic carbocycles. The lowest BCUT2D eigenvalue weighted by molar-refractivity contribution is -0.123. The molecule has 0 aromatic heterocycles. The van der Waals surface area contributed by atoms with E-state index < -0.39 is 5.82 Å². The lowest BCUT2D eigenvalue weighted by atomic mass is 9.59. The second-order valence-corrected chi connectivity index (χ2v) is 9.66. The Labute approximate surface area is 185 Å². The molecule has 0 aliphatic heterocycles. The number of aryl methyl sites for hydroxylation is 1. The van der Waals surface area contributed by atoms with E-state index in [1.54, 1.807) is 6.07 Å². The highest BCUT2D eigenvalue weighted by Crippen LogP contribution is 2.57. The van der Waals surface area contributed by atoms with Crippen molar-refractivity contribution in [3.8, 4) is 11.1 Å². The standard InChI is InChI=1S/C25H23Cl2FO2/c1-2-12-3-8-15(20-18(27)10-16(26)11-19(20)28)9-17(12)23-24(29)21-13-4-5-14(7-6-13)22(21)25(23)30/h3,8-11,13-14,21-22,29H,2,4-7H2,1H3/t13?,14?,21-,22+/m0/s1. The summed E-state index contributed by atoms with van der Waals surface area (Å²) in [4.78, 5) is 13.5.